The van der Waals surface area contributed by atoms with Crippen molar-refractivity contribution in [2.24, 2.45) is 11.7 Å². The van der Waals surface area contributed by atoms with Crippen LogP contribution in [0, 0.1) is 5.92 Å². The Balaban J connectivity index is 1.88. The van der Waals surface area contributed by atoms with E-state index in [1.165, 1.54) is 31.4 Å². The molecule has 0 saturated heterocycles. The lowest BCUT2D eigenvalue weighted by molar-refractivity contribution is 0.322. The van der Waals surface area contributed by atoms with Crippen molar-refractivity contribution in [1.29, 1.82) is 0 Å². The summed E-state index contributed by atoms with van der Waals surface area (Å²) < 4.78 is 2.05. The number of nitrogens with two attached hydrogens (primary N) is 1. The molecular weight excluding hydrogens is 198 g/mol. The summed E-state index contributed by atoms with van der Waals surface area (Å²) in [5.41, 5.74) is 7.16. The first-order chi connectivity index (χ1) is 7.65. The van der Waals surface area contributed by atoms with E-state index in [9.17, 15) is 0 Å². The number of rotatable bonds is 3. The van der Waals surface area contributed by atoms with Gasteiger partial charge in [0.1, 0.15) is 0 Å². The Hall–Kier alpha value is -0.830. The van der Waals surface area contributed by atoms with Gasteiger partial charge in [-0.2, -0.15) is 5.10 Å². The Kier molecular flexibility index (Phi) is 3.64. The molecule has 0 amide bonds. The fourth-order valence-corrected chi connectivity index (χ4v) is 2.46. The van der Waals surface area contributed by atoms with E-state index in [2.05, 4.69) is 31.2 Å². The van der Waals surface area contributed by atoms with Crippen molar-refractivity contribution in [2.45, 2.75) is 58.0 Å². The number of nitrogens with zero attached hydrogens (tertiary/aromatic N) is 2. The van der Waals surface area contributed by atoms with Gasteiger partial charge >= 0.3 is 0 Å². The van der Waals surface area contributed by atoms with Crippen LogP contribution in [-0.2, 0) is 6.42 Å². The maximum atomic E-state index is 5.91. The van der Waals surface area contributed by atoms with Gasteiger partial charge in [-0.15, -0.1) is 0 Å². The maximum absolute atomic E-state index is 5.91. The molecule has 1 aromatic rings. The van der Waals surface area contributed by atoms with E-state index >= 15 is 0 Å². The van der Waals surface area contributed by atoms with Crippen LogP contribution < -0.4 is 5.73 Å². The normalized spacial score (nSPS) is 26.2. The van der Waals surface area contributed by atoms with Gasteiger partial charge in [0.15, 0.2) is 0 Å². The second kappa shape index (κ2) is 5.00. The summed E-state index contributed by atoms with van der Waals surface area (Å²) in [4.78, 5) is 0. The first-order valence-corrected chi connectivity index (χ1v) is 6.44. The molecule has 1 heterocycles. The van der Waals surface area contributed by atoms with Crippen LogP contribution in [0.5, 0.6) is 0 Å². The third-order valence-corrected chi connectivity index (χ3v) is 3.58. The molecule has 1 aliphatic rings. The minimum Gasteiger partial charge on any atom is -0.328 e. The zero-order chi connectivity index (χ0) is 11.5. The summed E-state index contributed by atoms with van der Waals surface area (Å²) in [6, 6.07) is 3.08. The molecule has 3 nitrogen and oxygen atoms in total. The van der Waals surface area contributed by atoms with Gasteiger partial charge in [-0.3, -0.25) is 4.68 Å². The van der Waals surface area contributed by atoms with Gasteiger partial charge in [-0.25, -0.2) is 0 Å². The minimum absolute atomic E-state index is 0.449. The quantitative estimate of drug-likeness (QED) is 0.852. The largest absolute Gasteiger partial charge is 0.328 e. The molecule has 0 radical (unpaired) electrons. The molecule has 0 bridgehead atoms. The average molecular weight is 221 g/mol. The third-order valence-electron chi connectivity index (χ3n) is 3.58. The predicted molar refractivity (Wildman–Crippen MR) is 66.2 cm³/mol. The molecule has 1 saturated carbocycles. The van der Waals surface area contributed by atoms with Crippen molar-refractivity contribution in [1.82, 2.24) is 9.78 Å². The van der Waals surface area contributed by atoms with Crippen molar-refractivity contribution >= 4 is 0 Å². The van der Waals surface area contributed by atoms with Gasteiger partial charge in [0.05, 0.1) is 5.69 Å². The van der Waals surface area contributed by atoms with Gasteiger partial charge in [-0.05, 0) is 57.9 Å². The molecule has 1 aromatic heterocycles. The minimum atomic E-state index is 0.449. The van der Waals surface area contributed by atoms with Crippen molar-refractivity contribution in [2.75, 3.05) is 0 Å². The van der Waals surface area contributed by atoms with Crippen LogP contribution >= 0.6 is 0 Å². The van der Waals surface area contributed by atoms with Crippen LogP contribution in [0.15, 0.2) is 12.3 Å². The van der Waals surface area contributed by atoms with E-state index in [0.29, 0.717) is 12.1 Å². The van der Waals surface area contributed by atoms with E-state index in [4.69, 9.17) is 5.73 Å². The highest BCUT2D eigenvalue weighted by Crippen LogP contribution is 2.26. The molecule has 0 unspecified atom stereocenters. The molecule has 0 atom stereocenters. The second-order valence-corrected chi connectivity index (χ2v) is 5.37. The van der Waals surface area contributed by atoms with Crippen molar-refractivity contribution in [3.05, 3.63) is 18.0 Å². The lowest BCUT2D eigenvalue weighted by Gasteiger charge is -2.25. The zero-order valence-electron chi connectivity index (χ0n) is 10.4. The van der Waals surface area contributed by atoms with Crippen LogP contribution in [0.4, 0.5) is 0 Å². The van der Waals surface area contributed by atoms with Crippen molar-refractivity contribution in [3.8, 4) is 0 Å². The molecule has 1 fully saturated rings. The predicted octanol–water partition coefficient (Wildman–Crippen LogP) is 2.52. The summed E-state index contributed by atoms with van der Waals surface area (Å²) in [5, 5.41) is 4.61. The summed E-state index contributed by atoms with van der Waals surface area (Å²) in [6.07, 6.45) is 8.15. The van der Waals surface area contributed by atoms with Crippen LogP contribution in [0.25, 0.3) is 0 Å². The standard InChI is InChI=1S/C13H23N3/c1-10(2)16-8-7-13(15-16)9-11-3-5-12(14)6-4-11/h7-8,10-12H,3-6,9,14H2,1-2H3. The van der Waals surface area contributed by atoms with Gasteiger partial charge in [-0.1, -0.05) is 0 Å². The molecule has 0 aromatic carbocycles. The molecule has 16 heavy (non-hydrogen) atoms. The van der Waals surface area contributed by atoms with E-state index < -0.39 is 0 Å². The van der Waals surface area contributed by atoms with Crippen LogP contribution in [0.3, 0.4) is 0 Å². The Morgan fingerprint density at radius 1 is 1.38 bits per heavy atom. The highest BCUT2D eigenvalue weighted by molar-refractivity contribution is 5.01. The van der Waals surface area contributed by atoms with Gasteiger partial charge in [0.25, 0.3) is 0 Å². The molecule has 2 rings (SSSR count). The van der Waals surface area contributed by atoms with Crippen LogP contribution in [-0.4, -0.2) is 15.8 Å². The molecule has 3 heteroatoms. The summed E-state index contributed by atoms with van der Waals surface area (Å²) >= 11 is 0. The van der Waals surface area contributed by atoms with Gasteiger partial charge in [0.2, 0.25) is 0 Å². The molecule has 1 aliphatic carbocycles. The zero-order valence-corrected chi connectivity index (χ0v) is 10.4. The number of hydrogen-bond acceptors (Lipinski definition) is 2. The van der Waals surface area contributed by atoms with E-state index in [-0.39, 0.29) is 0 Å². The molecular formula is C13H23N3. The maximum Gasteiger partial charge on any atom is 0.0627 e. The summed E-state index contributed by atoms with van der Waals surface area (Å²) in [5.74, 6) is 0.801. The monoisotopic (exact) mass is 221 g/mol. The van der Waals surface area contributed by atoms with Crippen molar-refractivity contribution < 1.29 is 0 Å². The third kappa shape index (κ3) is 2.85. The molecule has 0 spiro atoms. The lowest BCUT2D eigenvalue weighted by atomic mass is 9.84. The Labute approximate surface area is 98.0 Å². The Bertz CT molecular complexity index is 322. The van der Waals surface area contributed by atoms with E-state index in [0.717, 1.165) is 12.3 Å². The van der Waals surface area contributed by atoms with E-state index in [1.54, 1.807) is 0 Å². The smallest absolute Gasteiger partial charge is 0.0627 e. The Morgan fingerprint density at radius 3 is 2.62 bits per heavy atom. The molecule has 0 aliphatic heterocycles. The summed E-state index contributed by atoms with van der Waals surface area (Å²) in [6.45, 7) is 4.33. The first kappa shape index (κ1) is 11.6. The second-order valence-electron chi connectivity index (χ2n) is 5.37. The fraction of sp³-hybridized carbons (Fsp3) is 0.769. The highest BCUT2D eigenvalue weighted by Gasteiger charge is 2.19. The average Bonchev–Trinajstić information content (AvgIpc) is 2.70. The van der Waals surface area contributed by atoms with Crippen LogP contribution in [0.1, 0.15) is 51.3 Å². The van der Waals surface area contributed by atoms with Gasteiger partial charge < -0.3 is 5.73 Å². The lowest BCUT2D eigenvalue weighted by Crippen LogP contribution is -2.27. The fourth-order valence-electron chi connectivity index (χ4n) is 2.46. The van der Waals surface area contributed by atoms with E-state index in [1.807, 2.05) is 4.68 Å². The SMILES string of the molecule is CC(C)n1ccc(CC2CCC(N)CC2)n1. The highest BCUT2D eigenvalue weighted by atomic mass is 15.3. The van der Waals surface area contributed by atoms with Crippen LogP contribution in [0.2, 0.25) is 0 Å². The molecule has 90 valence electrons. The molecule has 2 N–H and O–H groups in total. The topological polar surface area (TPSA) is 43.8 Å². The number of aromatic nitrogens is 2. The first-order valence-electron chi connectivity index (χ1n) is 6.44. The van der Waals surface area contributed by atoms with Gasteiger partial charge in [0, 0.05) is 18.3 Å². The van der Waals surface area contributed by atoms with Crippen molar-refractivity contribution in [3.63, 3.8) is 0 Å². The Morgan fingerprint density at radius 2 is 2.06 bits per heavy atom. The number of hydrogen-bond donors (Lipinski definition) is 1. The summed E-state index contributed by atoms with van der Waals surface area (Å²) in [7, 11) is 0.